The van der Waals surface area contributed by atoms with E-state index < -0.39 is 24.6 Å². The zero-order valence-corrected chi connectivity index (χ0v) is 9.47. The quantitative estimate of drug-likeness (QED) is 0.846. The number of rotatable bonds is 4. The van der Waals surface area contributed by atoms with E-state index in [1.807, 2.05) is 0 Å². The summed E-state index contributed by atoms with van der Waals surface area (Å²) in [5.41, 5.74) is -0.439. The van der Waals surface area contributed by atoms with E-state index in [0.29, 0.717) is 4.47 Å². The first kappa shape index (κ1) is 12.4. The van der Waals surface area contributed by atoms with E-state index >= 15 is 0 Å². The second-order valence-electron chi connectivity index (χ2n) is 2.92. The highest BCUT2D eigenvalue weighted by molar-refractivity contribution is 9.10. The molecule has 0 amide bonds. The summed E-state index contributed by atoms with van der Waals surface area (Å²) in [7, 11) is 0. The van der Waals surface area contributed by atoms with Crippen molar-refractivity contribution in [3.63, 3.8) is 0 Å². The van der Waals surface area contributed by atoms with Crippen molar-refractivity contribution < 1.29 is 17.9 Å². The van der Waals surface area contributed by atoms with E-state index in [1.165, 1.54) is 12.3 Å². The van der Waals surface area contributed by atoms with Gasteiger partial charge in [0.15, 0.2) is 6.36 Å². The maximum atomic E-state index is 13.3. The molecule has 1 aromatic rings. The highest BCUT2D eigenvalue weighted by Gasteiger charge is 2.34. The van der Waals surface area contributed by atoms with Crippen LogP contribution in [-0.2, 0) is 10.7 Å². The van der Waals surface area contributed by atoms with Gasteiger partial charge in [-0.25, -0.2) is 4.39 Å². The topological polar surface area (TPSA) is 22.1 Å². The van der Waals surface area contributed by atoms with Crippen molar-refractivity contribution in [2.75, 3.05) is 6.61 Å². The van der Waals surface area contributed by atoms with Crippen molar-refractivity contribution in [3.05, 3.63) is 28.5 Å². The van der Waals surface area contributed by atoms with Gasteiger partial charge in [-0.2, -0.15) is 8.78 Å². The molecule has 0 bridgehead atoms. The van der Waals surface area contributed by atoms with Crippen LogP contribution in [0.25, 0.3) is 0 Å². The van der Waals surface area contributed by atoms with Gasteiger partial charge in [-0.1, -0.05) is 0 Å². The van der Waals surface area contributed by atoms with Crippen LogP contribution >= 0.6 is 15.9 Å². The SMILES string of the molecule is CC(F)OCC(F)(F)c1ccc(Br)cn1. The molecule has 0 aliphatic heterocycles. The lowest BCUT2D eigenvalue weighted by Crippen LogP contribution is -2.24. The van der Waals surface area contributed by atoms with Crippen LogP contribution in [0.5, 0.6) is 0 Å². The number of hydrogen-bond acceptors (Lipinski definition) is 2. The Kier molecular flexibility index (Phi) is 4.10. The van der Waals surface area contributed by atoms with Crippen molar-refractivity contribution in [2.45, 2.75) is 19.2 Å². The van der Waals surface area contributed by atoms with Gasteiger partial charge in [0.1, 0.15) is 12.3 Å². The summed E-state index contributed by atoms with van der Waals surface area (Å²) in [4.78, 5) is 3.53. The molecular weight excluding hydrogens is 275 g/mol. The fourth-order valence-electron chi connectivity index (χ4n) is 0.886. The number of nitrogens with zero attached hydrogens (tertiary/aromatic N) is 1. The van der Waals surface area contributed by atoms with Gasteiger partial charge in [-0.3, -0.25) is 4.98 Å². The first-order valence-corrected chi connectivity index (χ1v) is 4.96. The minimum absolute atomic E-state index is 0.439. The van der Waals surface area contributed by atoms with Crippen LogP contribution in [0.3, 0.4) is 0 Å². The molecule has 84 valence electrons. The third-order valence-electron chi connectivity index (χ3n) is 1.60. The Balaban J connectivity index is 2.72. The summed E-state index contributed by atoms with van der Waals surface area (Å²) in [6.07, 6.45) is -0.464. The number of pyridine rings is 1. The van der Waals surface area contributed by atoms with Crippen molar-refractivity contribution in [2.24, 2.45) is 0 Å². The summed E-state index contributed by atoms with van der Waals surface area (Å²) in [5.74, 6) is -3.28. The zero-order valence-electron chi connectivity index (χ0n) is 7.88. The Morgan fingerprint density at radius 2 is 2.20 bits per heavy atom. The van der Waals surface area contributed by atoms with E-state index in [2.05, 4.69) is 25.7 Å². The van der Waals surface area contributed by atoms with Crippen molar-refractivity contribution >= 4 is 15.9 Å². The summed E-state index contributed by atoms with van der Waals surface area (Å²) < 4.78 is 43.6. The van der Waals surface area contributed by atoms with Crippen LogP contribution < -0.4 is 0 Å². The van der Waals surface area contributed by atoms with E-state index in [1.54, 1.807) is 0 Å². The lowest BCUT2D eigenvalue weighted by atomic mass is 10.2. The number of hydrogen-bond donors (Lipinski definition) is 0. The largest absolute Gasteiger partial charge is 0.342 e. The molecule has 1 atom stereocenters. The third-order valence-corrected chi connectivity index (χ3v) is 2.07. The lowest BCUT2D eigenvalue weighted by molar-refractivity contribution is -0.133. The maximum absolute atomic E-state index is 13.3. The molecule has 6 heteroatoms. The summed E-state index contributed by atoms with van der Waals surface area (Å²) in [6.45, 7) is 0.0321. The Bertz CT molecular complexity index is 316. The lowest BCUT2D eigenvalue weighted by Gasteiger charge is -2.16. The van der Waals surface area contributed by atoms with Gasteiger partial charge in [0.05, 0.1) is 0 Å². The molecule has 1 heterocycles. The molecule has 0 radical (unpaired) electrons. The molecule has 15 heavy (non-hydrogen) atoms. The van der Waals surface area contributed by atoms with Gasteiger partial charge < -0.3 is 4.74 Å². The smallest absolute Gasteiger partial charge is 0.312 e. The summed E-state index contributed by atoms with van der Waals surface area (Å²) in [6, 6.07) is 2.60. The minimum atomic E-state index is -3.28. The van der Waals surface area contributed by atoms with Crippen molar-refractivity contribution in [1.29, 1.82) is 0 Å². The first-order valence-electron chi connectivity index (χ1n) is 4.17. The molecule has 0 fully saturated rings. The van der Waals surface area contributed by atoms with Crippen LogP contribution in [0.1, 0.15) is 12.6 Å². The van der Waals surface area contributed by atoms with Gasteiger partial charge in [-0.05, 0) is 35.0 Å². The second-order valence-corrected chi connectivity index (χ2v) is 3.84. The molecule has 0 saturated heterocycles. The Morgan fingerprint density at radius 3 is 2.67 bits per heavy atom. The molecule has 0 aliphatic carbocycles. The fraction of sp³-hybridized carbons (Fsp3) is 0.444. The molecule has 1 rings (SSSR count). The van der Waals surface area contributed by atoms with Crippen LogP contribution in [0.15, 0.2) is 22.8 Å². The molecule has 2 nitrogen and oxygen atoms in total. The van der Waals surface area contributed by atoms with Crippen molar-refractivity contribution in [1.82, 2.24) is 4.98 Å². The molecule has 0 aliphatic rings. The maximum Gasteiger partial charge on any atom is 0.312 e. The second kappa shape index (κ2) is 4.94. The van der Waals surface area contributed by atoms with Gasteiger partial charge in [0.25, 0.3) is 0 Å². The van der Waals surface area contributed by atoms with E-state index in [0.717, 1.165) is 13.0 Å². The number of alkyl halides is 3. The van der Waals surface area contributed by atoms with Gasteiger partial charge in [0, 0.05) is 10.7 Å². The van der Waals surface area contributed by atoms with E-state index in [4.69, 9.17) is 0 Å². The number of halogens is 4. The Labute approximate surface area is 93.6 Å². The predicted molar refractivity (Wildman–Crippen MR) is 52.4 cm³/mol. The number of ether oxygens (including phenoxy) is 1. The molecule has 0 saturated carbocycles. The van der Waals surface area contributed by atoms with E-state index in [-0.39, 0.29) is 0 Å². The van der Waals surface area contributed by atoms with Gasteiger partial charge in [0.2, 0.25) is 0 Å². The normalized spacial score (nSPS) is 13.9. The molecule has 0 spiro atoms. The van der Waals surface area contributed by atoms with Gasteiger partial charge >= 0.3 is 5.92 Å². The van der Waals surface area contributed by atoms with Crippen LogP contribution in [0.2, 0.25) is 0 Å². The molecule has 0 aromatic carbocycles. The summed E-state index contributed by atoms with van der Waals surface area (Å²) in [5, 5.41) is 0. The highest BCUT2D eigenvalue weighted by atomic mass is 79.9. The average Bonchev–Trinajstić information content (AvgIpc) is 2.16. The van der Waals surface area contributed by atoms with Crippen LogP contribution in [0, 0.1) is 0 Å². The molecule has 1 aromatic heterocycles. The average molecular weight is 284 g/mol. The number of aromatic nitrogens is 1. The van der Waals surface area contributed by atoms with Gasteiger partial charge in [-0.15, -0.1) is 0 Å². The van der Waals surface area contributed by atoms with E-state index in [9.17, 15) is 13.2 Å². The third kappa shape index (κ3) is 3.79. The highest BCUT2D eigenvalue weighted by Crippen LogP contribution is 2.27. The summed E-state index contributed by atoms with van der Waals surface area (Å²) >= 11 is 3.08. The Morgan fingerprint density at radius 1 is 1.53 bits per heavy atom. The van der Waals surface area contributed by atoms with Crippen LogP contribution in [0.4, 0.5) is 13.2 Å². The van der Waals surface area contributed by atoms with Crippen LogP contribution in [-0.4, -0.2) is 17.9 Å². The Hall–Kier alpha value is -0.620. The first-order chi connectivity index (χ1) is 6.92. The van der Waals surface area contributed by atoms with Crippen molar-refractivity contribution in [3.8, 4) is 0 Å². The molecular formula is C9H9BrF3NO. The predicted octanol–water partition coefficient (Wildman–Crippen LogP) is 3.27. The monoisotopic (exact) mass is 283 g/mol. The molecule has 1 unspecified atom stereocenters. The fourth-order valence-corrected chi connectivity index (χ4v) is 1.12. The molecule has 0 N–H and O–H groups in total. The standard InChI is InChI=1S/C9H9BrF3NO/c1-6(11)15-5-9(12,13)8-3-2-7(10)4-14-8/h2-4,6H,5H2,1H3. The zero-order chi connectivity index (χ0) is 11.5. The minimum Gasteiger partial charge on any atom is -0.342 e.